The van der Waals surface area contributed by atoms with E-state index in [0.29, 0.717) is 11.4 Å². The molecule has 1 rings (SSSR count). The van der Waals surface area contributed by atoms with Crippen molar-refractivity contribution in [1.29, 1.82) is 0 Å². The number of nitrogens with two attached hydrogens (primary N) is 1. The molecule has 0 heterocycles. The fourth-order valence-corrected chi connectivity index (χ4v) is 1.42. The van der Waals surface area contributed by atoms with Gasteiger partial charge < -0.3 is 20.5 Å². The van der Waals surface area contributed by atoms with Gasteiger partial charge in [0.25, 0.3) is 5.91 Å². The summed E-state index contributed by atoms with van der Waals surface area (Å²) in [6.45, 7) is 1.43. The van der Waals surface area contributed by atoms with E-state index in [9.17, 15) is 9.59 Å². The molecule has 0 saturated heterocycles. The van der Waals surface area contributed by atoms with Gasteiger partial charge in [-0.25, -0.2) is 4.79 Å². The third-order valence-corrected chi connectivity index (χ3v) is 2.71. The molecule has 0 aliphatic rings. The molecule has 18 heavy (non-hydrogen) atoms. The van der Waals surface area contributed by atoms with Gasteiger partial charge in [0.2, 0.25) is 0 Å². The van der Waals surface area contributed by atoms with Crippen LogP contribution in [-0.2, 0) is 4.79 Å². The SMILES string of the molecule is COc1cc(N)ccc1C(=O)N(C)C(C)C(=O)O. The number of nitrogens with zero attached hydrogens (tertiary/aromatic N) is 1. The summed E-state index contributed by atoms with van der Waals surface area (Å²) in [5.41, 5.74) is 6.34. The van der Waals surface area contributed by atoms with Crippen molar-refractivity contribution in [2.24, 2.45) is 0 Å². The molecule has 0 aromatic heterocycles. The van der Waals surface area contributed by atoms with Crippen LogP contribution < -0.4 is 10.5 Å². The number of rotatable bonds is 4. The maximum absolute atomic E-state index is 12.1. The van der Waals surface area contributed by atoms with Crippen LogP contribution in [0.2, 0.25) is 0 Å². The van der Waals surface area contributed by atoms with E-state index in [4.69, 9.17) is 15.6 Å². The molecule has 0 bridgehead atoms. The molecular weight excluding hydrogens is 236 g/mol. The Balaban J connectivity index is 3.07. The lowest BCUT2D eigenvalue weighted by molar-refractivity contribution is -0.141. The van der Waals surface area contributed by atoms with Crippen molar-refractivity contribution < 1.29 is 19.4 Å². The number of amides is 1. The lowest BCUT2D eigenvalue weighted by Gasteiger charge is -2.22. The Morgan fingerprint density at radius 2 is 2.06 bits per heavy atom. The summed E-state index contributed by atoms with van der Waals surface area (Å²) in [5, 5.41) is 8.87. The predicted molar refractivity (Wildman–Crippen MR) is 66.6 cm³/mol. The molecule has 1 aromatic rings. The second-order valence-electron chi connectivity index (χ2n) is 3.89. The Bertz CT molecular complexity index is 473. The molecule has 0 saturated carbocycles. The highest BCUT2D eigenvalue weighted by Gasteiger charge is 2.24. The lowest BCUT2D eigenvalue weighted by atomic mass is 10.1. The molecule has 1 unspecified atom stereocenters. The average molecular weight is 252 g/mol. The first-order valence-corrected chi connectivity index (χ1v) is 5.32. The maximum atomic E-state index is 12.1. The van der Waals surface area contributed by atoms with Crippen LogP contribution in [0.5, 0.6) is 5.75 Å². The Kier molecular flexibility index (Phi) is 4.14. The molecule has 3 N–H and O–H groups in total. The van der Waals surface area contributed by atoms with Gasteiger partial charge in [0.1, 0.15) is 11.8 Å². The van der Waals surface area contributed by atoms with Crippen LogP contribution in [0, 0.1) is 0 Å². The van der Waals surface area contributed by atoms with Gasteiger partial charge in [0.15, 0.2) is 0 Å². The lowest BCUT2D eigenvalue weighted by Crippen LogP contribution is -2.40. The van der Waals surface area contributed by atoms with Gasteiger partial charge in [0, 0.05) is 18.8 Å². The van der Waals surface area contributed by atoms with Gasteiger partial charge in [-0.2, -0.15) is 0 Å². The molecule has 1 aromatic carbocycles. The van der Waals surface area contributed by atoms with Crippen molar-refractivity contribution in [3.05, 3.63) is 23.8 Å². The van der Waals surface area contributed by atoms with Crippen molar-refractivity contribution in [2.75, 3.05) is 19.9 Å². The van der Waals surface area contributed by atoms with Crippen molar-refractivity contribution >= 4 is 17.6 Å². The van der Waals surface area contributed by atoms with Crippen LogP contribution in [-0.4, -0.2) is 42.1 Å². The van der Waals surface area contributed by atoms with Crippen LogP contribution in [0.15, 0.2) is 18.2 Å². The summed E-state index contributed by atoms with van der Waals surface area (Å²) in [4.78, 5) is 24.1. The first-order chi connectivity index (χ1) is 8.38. The number of methoxy groups -OCH3 is 1. The summed E-state index contributed by atoms with van der Waals surface area (Å²) in [5.74, 6) is -1.17. The highest BCUT2D eigenvalue weighted by Crippen LogP contribution is 2.23. The molecule has 0 aliphatic carbocycles. The summed E-state index contributed by atoms with van der Waals surface area (Å²) in [7, 11) is 2.85. The van der Waals surface area contributed by atoms with Crippen LogP contribution >= 0.6 is 0 Å². The van der Waals surface area contributed by atoms with Crippen LogP contribution in [0.1, 0.15) is 17.3 Å². The average Bonchev–Trinajstić information content (AvgIpc) is 2.35. The minimum Gasteiger partial charge on any atom is -0.496 e. The second-order valence-corrected chi connectivity index (χ2v) is 3.89. The molecule has 6 heteroatoms. The monoisotopic (exact) mass is 252 g/mol. The number of likely N-dealkylation sites (N-methyl/N-ethyl adjacent to an activating group) is 1. The molecule has 1 amide bonds. The van der Waals surface area contributed by atoms with Crippen LogP contribution in [0.4, 0.5) is 5.69 Å². The van der Waals surface area contributed by atoms with Gasteiger partial charge >= 0.3 is 5.97 Å². The largest absolute Gasteiger partial charge is 0.496 e. The van der Waals surface area contributed by atoms with E-state index in [0.717, 1.165) is 4.90 Å². The highest BCUT2D eigenvalue weighted by atomic mass is 16.5. The molecular formula is C12H16N2O4. The van der Waals surface area contributed by atoms with Gasteiger partial charge in [0.05, 0.1) is 12.7 Å². The van der Waals surface area contributed by atoms with Crippen molar-refractivity contribution in [2.45, 2.75) is 13.0 Å². The molecule has 6 nitrogen and oxygen atoms in total. The topological polar surface area (TPSA) is 92.9 Å². The van der Waals surface area contributed by atoms with E-state index in [1.807, 2.05) is 0 Å². The third-order valence-electron chi connectivity index (χ3n) is 2.71. The Morgan fingerprint density at radius 1 is 1.44 bits per heavy atom. The number of hydrogen-bond acceptors (Lipinski definition) is 4. The fourth-order valence-electron chi connectivity index (χ4n) is 1.42. The highest BCUT2D eigenvalue weighted by molar-refractivity contribution is 5.99. The minimum atomic E-state index is -1.07. The minimum absolute atomic E-state index is 0.280. The van der Waals surface area contributed by atoms with E-state index >= 15 is 0 Å². The molecule has 1 atom stereocenters. The van der Waals surface area contributed by atoms with Crippen LogP contribution in [0.3, 0.4) is 0 Å². The second kappa shape index (κ2) is 5.39. The zero-order valence-corrected chi connectivity index (χ0v) is 10.5. The zero-order valence-electron chi connectivity index (χ0n) is 10.5. The van der Waals surface area contributed by atoms with E-state index in [2.05, 4.69) is 0 Å². The van der Waals surface area contributed by atoms with Crippen molar-refractivity contribution in [1.82, 2.24) is 4.90 Å². The van der Waals surface area contributed by atoms with Gasteiger partial charge in [-0.15, -0.1) is 0 Å². The Hall–Kier alpha value is -2.24. The van der Waals surface area contributed by atoms with E-state index in [-0.39, 0.29) is 5.56 Å². The Morgan fingerprint density at radius 3 is 2.56 bits per heavy atom. The normalized spacial score (nSPS) is 11.7. The summed E-state index contributed by atoms with van der Waals surface area (Å²) in [6.07, 6.45) is 0. The maximum Gasteiger partial charge on any atom is 0.326 e. The Labute approximate surface area is 105 Å². The van der Waals surface area contributed by atoms with E-state index < -0.39 is 17.9 Å². The van der Waals surface area contributed by atoms with Crippen molar-refractivity contribution in [3.8, 4) is 5.75 Å². The summed E-state index contributed by atoms with van der Waals surface area (Å²) in [6, 6.07) is 3.68. The number of benzene rings is 1. The van der Waals surface area contributed by atoms with Crippen LogP contribution in [0.25, 0.3) is 0 Å². The third kappa shape index (κ3) is 2.71. The van der Waals surface area contributed by atoms with Gasteiger partial charge in [-0.1, -0.05) is 0 Å². The number of anilines is 1. The standard InChI is InChI=1S/C12H16N2O4/c1-7(12(16)17)14(2)11(15)9-5-4-8(13)6-10(9)18-3/h4-7H,13H2,1-3H3,(H,16,17). The zero-order chi connectivity index (χ0) is 13.9. The molecule has 0 aliphatic heterocycles. The number of carboxylic acid groups (broad SMARTS) is 1. The van der Waals surface area contributed by atoms with Gasteiger partial charge in [-0.3, -0.25) is 4.79 Å². The van der Waals surface area contributed by atoms with E-state index in [1.54, 1.807) is 6.07 Å². The smallest absolute Gasteiger partial charge is 0.326 e. The molecule has 0 fully saturated rings. The predicted octanol–water partition coefficient (Wildman–Crippen LogP) is 0.823. The number of ether oxygens (including phenoxy) is 1. The molecule has 98 valence electrons. The summed E-state index contributed by atoms with van der Waals surface area (Å²) >= 11 is 0. The summed E-state index contributed by atoms with van der Waals surface area (Å²) < 4.78 is 5.06. The first-order valence-electron chi connectivity index (χ1n) is 5.32. The quantitative estimate of drug-likeness (QED) is 0.774. The number of carbonyl (C=O) groups excluding carboxylic acids is 1. The number of carboxylic acids is 1. The number of hydrogen-bond donors (Lipinski definition) is 2. The molecule has 0 radical (unpaired) electrons. The first kappa shape index (κ1) is 13.8. The van der Waals surface area contributed by atoms with Gasteiger partial charge in [-0.05, 0) is 19.1 Å². The van der Waals surface area contributed by atoms with Crippen molar-refractivity contribution in [3.63, 3.8) is 0 Å². The fraction of sp³-hybridized carbons (Fsp3) is 0.333. The molecule has 0 spiro atoms. The number of carbonyl (C=O) groups is 2. The number of aliphatic carboxylic acids is 1. The van der Waals surface area contributed by atoms with E-state index in [1.165, 1.54) is 33.2 Å². The number of nitrogen functional groups attached to an aromatic ring is 1.